The minimum absolute atomic E-state index is 0. The summed E-state index contributed by atoms with van der Waals surface area (Å²) in [5, 5.41) is 6.88. The van der Waals surface area contributed by atoms with Crippen LogP contribution in [0.2, 0.25) is 5.02 Å². The van der Waals surface area contributed by atoms with Gasteiger partial charge in [0.15, 0.2) is 5.96 Å². The Labute approximate surface area is 167 Å². The van der Waals surface area contributed by atoms with E-state index in [1.54, 1.807) is 7.05 Å². The van der Waals surface area contributed by atoms with Crippen molar-refractivity contribution in [2.45, 2.75) is 39.3 Å². The Kier molecular flexibility index (Phi) is 11.8. The fourth-order valence-electron chi connectivity index (χ4n) is 2.11. The molecular formula is C17H28ClIN4O. The van der Waals surface area contributed by atoms with Gasteiger partial charge in [-0.15, -0.1) is 24.0 Å². The summed E-state index contributed by atoms with van der Waals surface area (Å²) >= 11 is 6.00. The topological polar surface area (TPSA) is 56.7 Å². The van der Waals surface area contributed by atoms with Crippen LogP contribution in [0.25, 0.3) is 0 Å². The highest BCUT2D eigenvalue weighted by atomic mass is 127. The maximum atomic E-state index is 11.8. The second-order valence-corrected chi connectivity index (χ2v) is 6.02. The van der Waals surface area contributed by atoms with E-state index in [-0.39, 0.29) is 35.9 Å². The van der Waals surface area contributed by atoms with Crippen molar-refractivity contribution in [1.82, 2.24) is 15.5 Å². The number of nitrogens with zero attached hydrogens (tertiary/aromatic N) is 2. The van der Waals surface area contributed by atoms with Gasteiger partial charge < -0.3 is 15.5 Å². The largest absolute Gasteiger partial charge is 0.356 e. The number of hydrogen-bond acceptors (Lipinski definition) is 2. The molecule has 136 valence electrons. The van der Waals surface area contributed by atoms with Gasteiger partial charge in [0.1, 0.15) is 0 Å². The predicted molar refractivity (Wildman–Crippen MR) is 112 cm³/mol. The molecule has 0 aromatic heterocycles. The van der Waals surface area contributed by atoms with Gasteiger partial charge in [0.2, 0.25) is 5.91 Å². The van der Waals surface area contributed by atoms with Crippen LogP contribution >= 0.6 is 35.6 Å². The molecule has 0 radical (unpaired) electrons. The molecule has 1 rings (SSSR count). The summed E-state index contributed by atoms with van der Waals surface area (Å²) in [5.41, 5.74) is 1.11. The lowest BCUT2D eigenvalue weighted by molar-refractivity contribution is -0.121. The van der Waals surface area contributed by atoms with Gasteiger partial charge in [-0.1, -0.05) is 30.7 Å². The third-order valence-electron chi connectivity index (χ3n) is 3.54. The molecule has 0 saturated carbocycles. The lowest BCUT2D eigenvalue weighted by Gasteiger charge is -2.22. The van der Waals surface area contributed by atoms with E-state index in [9.17, 15) is 4.79 Å². The fraction of sp³-hybridized carbons (Fsp3) is 0.529. The molecule has 0 saturated heterocycles. The maximum absolute atomic E-state index is 11.8. The van der Waals surface area contributed by atoms with Gasteiger partial charge in [0, 0.05) is 44.7 Å². The first-order valence-electron chi connectivity index (χ1n) is 7.91. The average Bonchev–Trinajstić information content (AvgIpc) is 2.51. The Morgan fingerprint density at radius 2 is 2.12 bits per heavy atom. The molecule has 0 bridgehead atoms. The Morgan fingerprint density at radius 3 is 2.71 bits per heavy atom. The van der Waals surface area contributed by atoms with Crippen molar-refractivity contribution in [2.75, 3.05) is 20.6 Å². The van der Waals surface area contributed by atoms with Crippen LogP contribution in [0.1, 0.15) is 32.3 Å². The molecule has 0 aliphatic carbocycles. The van der Waals surface area contributed by atoms with Crippen LogP contribution in [-0.4, -0.2) is 43.4 Å². The molecule has 0 aliphatic heterocycles. The van der Waals surface area contributed by atoms with Gasteiger partial charge in [0.05, 0.1) is 0 Å². The molecule has 7 heteroatoms. The van der Waals surface area contributed by atoms with Crippen LogP contribution in [0, 0.1) is 0 Å². The summed E-state index contributed by atoms with van der Waals surface area (Å²) in [7, 11) is 3.69. The summed E-state index contributed by atoms with van der Waals surface area (Å²) in [5.74, 6) is 0.807. The minimum Gasteiger partial charge on any atom is -0.356 e. The third kappa shape index (κ3) is 8.73. The molecule has 0 heterocycles. The molecule has 1 unspecified atom stereocenters. The van der Waals surface area contributed by atoms with Crippen LogP contribution in [0.5, 0.6) is 0 Å². The zero-order valence-electron chi connectivity index (χ0n) is 14.8. The van der Waals surface area contributed by atoms with Gasteiger partial charge in [-0.25, -0.2) is 0 Å². The number of guanidine groups is 1. The summed E-state index contributed by atoms with van der Waals surface area (Å²) in [6.07, 6.45) is 1.36. The van der Waals surface area contributed by atoms with Gasteiger partial charge in [-0.2, -0.15) is 0 Å². The highest BCUT2D eigenvalue weighted by Crippen LogP contribution is 2.12. The third-order valence-corrected chi connectivity index (χ3v) is 3.77. The molecular weight excluding hydrogens is 439 g/mol. The molecule has 5 nitrogen and oxygen atoms in total. The van der Waals surface area contributed by atoms with Crippen molar-refractivity contribution in [3.8, 4) is 0 Å². The zero-order chi connectivity index (χ0) is 17.2. The lowest BCUT2D eigenvalue weighted by atomic mass is 10.2. The molecule has 1 aromatic carbocycles. The van der Waals surface area contributed by atoms with Crippen molar-refractivity contribution in [2.24, 2.45) is 4.99 Å². The van der Waals surface area contributed by atoms with E-state index in [1.807, 2.05) is 43.1 Å². The number of benzene rings is 1. The second-order valence-electron chi connectivity index (χ2n) is 5.59. The molecule has 24 heavy (non-hydrogen) atoms. The van der Waals surface area contributed by atoms with Crippen LogP contribution in [0.3, 0.4) is 0 Å². The van der Waals surface area contributed by atoms with E-state index < -0.39 is 0 Å². The van der Waals surface area contributed by atoms with Gasteiger partial charge in [-0.3, -0.25) is 9.79 Å². The number of halogens is 2. The number of amides is 1. The monoisotopic (exact) mass is 466 g/mol. The minimum atomic E-state index is 0. The lowest BCUT2D eigenvalue weighted by Crippen LogP contribution is -2.41. The normalized spacial score (nSPS) is 12.1. The maximum Gasteiger partial charge on any atom is 0.221 e. The molecule has 2 N–H and O–H groups in total. The van der Waals surface area contributed by atoms with E-state index in [1.165, 1.54) is 0 Å². The predicted octanol–water partition coefficient (Wildman–Crippen LogP) is 3.27. The van der Waals surface area contributed by atoms with Crippen LogP contribution in [-0.2, 0) is 11.3 Å². The van der Waals surface area contributed by atoms with Crippen molar-refractivity contribution >= 4 is 47.4 Å². The Hall–Kier alpha value is -1.02. The highest BCUT2D eigenvalue weighted by Gasteiger charge is 2.09. The zero-order valence-corrected chi connectivity index (χ0v) is 17.9. The molecule has 0 aliphatic rings. The molecule has 0 spiro atoms. The first-order chi connectivity index (χ1) is 11.0. The summed E-state index contributed by atoms with van der Waals surface area (Å²) < 4.78 is 0. The summed E-state index contributed by atoms with van der Waals surface area (Å²) in [4.78, 5) is 18.0. The van der Waals surface area contributed by atoms with Crippen molar-refractivity contribution in [1.29, 1.82) is 0 Å². The van der Waals surface area contributed by atoms with Crippen molar-refractivity contribution in [3.63, 3.8) is 0 Å². The Balaban J connectivity index is 0.00000529. The summed E-state index contributed by atoms with van der Waals surface area (Å²) in [6.45, 7) is 5.30. The number of carbonyl (C=O) groups is 1. The first kappa shape index (κ1) is 23.0. The smallest absolute Gasteiger partial charge is 0.221 e. The molecule has 1 aromatic rings. The fourth-order valence-corrected chi connectivity index (χ4v) is 2.32. The molecule has 1 amide bonds. The van der Waals surface area contributed by atoms with Crippen LogP contribution in [0.4, 0.5) is 0 Å². The Bertz CT molecular complexity index is 539. The number of hydrogen-bond donors (Lipinski definition) is 2. The van der Waals surface area contributed by atoms with E-state index >= 15 is 0 Å². The van der Waals surface area contributed by atoms with Crippen LogP contribution in [0.15, 0.2) is 29.3 Å². The Morgan fingerprint density at radius 1 is 1.42 bits per heavy atom. The average molecular weight is 467 g/mol. The number of rotatable bonds is 7. The number of carbonyl (C=O) groups excluding carboxylic acids is 1. The highest BCUT2D eigenvalue weighted by molar-refractivity contribution is 14.0. The number of nitrogens with one attached hydrogen (secondary N) is 2. The van der Waals surface area contributed by atoms with E-state index in [2.05, 4.69) is 22.5 Å². The second kappa shape index (κ2) is 12.4. The molecule has 1 atom stereocenters. The first-order valence-corrected chi connectivity index (χ1v) is 8.29. The standard InChI is InChI=1S/C17H27ClN4O.HI/c1-5-13(2)21-16(23)9-10-20-17(19-3)22(4)12-14-7-6-8-15(18)11-14;/h6-8,11,13H,5,9-10,12H2,1-4H3,(H,19,20)(H,21,23);1H. The molecule has 0 fully saturated rings. The van der Waals surface area contributed by atoms with Gasteiger partial charge >= 0.3 is 0 Å². The summed E-state index contributed by atoms with van der Waals surface area (Å²) in [6, 6.07) is 7.96. The van der Waals surface area contributed by atoms with Crippen molar-refractivity contribution < 1.29 is 4.79 Å². The van der Waals surface area contributed by atoms with E-state index in [0.29, 0.717) is 19.5 Å². The quantitative estimate of drug-likeness (QED) is 0.368. The van der Waals surface area contributed by atoms with Crippen LogP contribution < -0.4 is 10.6 Å². The van der Waals surface area contributed by atoms with E-state index in [0.717, 1.165) is 23.0 Å². The van der Waals surface area contributed by atoms with Gasteiger partial charge in [-0.05, 0) is 31.0 Å². The van der Waals surface area contributed by atoms with Crippen molar-refractivity contribution in [3.05, 3.63) is 34.9 Å². The van der Waals surface area contributed by atoms with E-state index in [4.69, 9.17) is 11.6 Å². The van der Waals surface area contributed by atoms with Gasteiger partial charge in [0.25, 0.3) is 0 Å². The SMILES string of the molecule is CCC(C)NC(=O)CCNC(=NC)N(C)Cc1cccc(Cl)c1.I. The number of aliphatic imine (C=N–C) groups is 1.